The fourth-order valence-corrected chi connectivity index (χ4v) is 3.73. The summed E-state index contributed by atoms with van der Waals surface area (Å²) in [5.41, 5.74) is 2.76. The summed E-state index contributed by atoms with van der Waals surface area (Å²) in [6.45, 7) is 1.93. The molecule has 0 aliphatic rings. The molecule has 0 unspecified atom stereocenters. The van der Waals surface area contributed by atoms with Gasteiger partial charge in [0.05, 0.1) is 5.75 Å². The van der Waals surface area contributed by atoms with E-state index in [1.807, 2.05) is 73.6 Å². The Labute approximate surface area is 161 Å². The fraction of sp³-hybridized carbons (Fsp3) is 0.350. The quantitative estimate of drug-likeness (QED) is 0.714. The van der Waals surface area contributed by atoms with Gasteiger partial charge in [-0.1, -0.05) is 30.3 Å². The normalized spacial score (nSPS) is 11.2. The molecule has 0 spiro atoms. The summed E-state index contributed by atoms with van der Waals surface area (Å²) in [5.74, 6) is -0.106. The first-order valence-corrected chi connectivity index (χ1v) is 10.5. The average Bonchev–Trinajstić information content (AvgIpc) is 2.64. The van der Waals surface area contributed by atoms with Crippen molar-refractivity contribution in [1.29, 1.82) is 0 Å². The van der Waals surface area contributed by atoms with Crippen molar-refractivity contribution in [2.75, 3.05) is 42.7 Å². The maximum Gasteiger partial charge on any atom is 0.223 e. The third-order valence-corrected chi connectivity index (χ3v) is 5.60. The van der Waals surface area contributed by atoms with Crippen LogP contribution in [0.1, 0.15) is 12.5 Å². The molecule has 27 heavy (non-hydrogen) atoms. The highest BCUT2D eigenvalue weighted by Crippen LogP contribution is 2.19. The first-order chi connectivity index (χ1) is 12.8. The van der Waals surface area contributed by atoms with E-state index in [2.05, 4.69) is 4.72 Å². The van der Waals surface area contributed by atoms with E-state index in [1.54, 1.807) is 4.90 Å². The standard InChI is InChI=1S/C20H27N3O3S/c1-17(24)23(20-11-9-19(10-12-20)22(2)3)15-14-21-27(25,26)16-13-18-7-5-4-6-8-18/h4-12,21H,13-16H2,1-3H3. The third-order valence-electron chi connectivity index (χ3n) is 4.22. The van der Waals surface area contributed by atoms with Crippen LogP contribution in [0.25, 0.3) is 0 Å². The fourth-order valence-electron chi connectivity index (χ4n) is 2.68. The van der Waals surface area contributed by atoms with Crippen LogP contribution in [0.4, 0.5) is 11.4 Å². The van der Waals surface area contributed by atoms with Crippen LogP contribution >= 0.6 is 0 Å². The number of sulfonamides is 1. The lowest BCUT2D eigenvalue weighted by molar-refractivity contribution is -0.116. The molecule has 0 fully saturated rings. The Balaban J connectivity index is 1.90. The van der Waals surface area contributed by atoms with Crippen LogP contribution in [-0.2, 0) is 21.2 Å². The minimum Gasteiger partial charge on any atom is -0.378 e. The predicted octanol–water partition coefficient (Wildman–Crippen LogP) is 2.27. The van der Waals surface area contributed by atoms with E-state index >= 15 is 0 Å². The van der Waals surface area contributed by atoms with Gasteiger partial charge in [0.25, 0.3) is 0 Å². The van der Waals surface area contributed by atoms with E-state index < -0.39 is 10.0 Å². The number of aryl methyl sites for hydroxylation is 1. The van der Waals surface area contributed by atoms with Gasteiger partial charge in [-0.25, -0.2) is 13.1 Å². The minimum absolute atomic E-state index is 0.0224. The Hall–Kier alpha value is -2.38. The SMILES string of the molecule is CC(=O)N(CCNS(=O)(=O)CCc1ccccc1)c1ccc(N(C)C)cc1. The summed E-state index contributed by atoms with van der Waals surface area (Å²) in [6, 6.07) is 17.1. The van der Waals surface area contributed by atoms with Crippen LogP contribution in [0.15, 0.2) is 54.6 Å². The maximum absolute atomic E-state index is 12.2. The van der Waals surface area contributed by atoms with Crippen molar-refractivity contribution < 1.29 is 13.2 Å². The molecule has 2 rings (SSSR count). The molecule has 1 amide bonds. The van der Waals surface area contributed by atoms with Crippen molar-refractivity contribution >= 4 is 27.3 Å². The van der Waals surface area contributed by atoms with Crippen LogP contribution in [0, 0.1) is 0 Å². The van der Waals surface area contributed by atoms with Gasteiger partial charge in [0.1, 0.15) is 0 Å². The summed E-state index contributed by atoms with van der Waals surface area (Å²) < 4.78 is 27.0. The number of hydrogen-bond donors (Lipinski definition) is 1. The molecule has 0 saturated heterocycles. The predicted molar refractivity (Wildman–Crippen MR) is 111 cm³/mol. The smallest absolute Gasteiger partial charge is 0.223 e. The molecule has 0 aliphatic carbocycles. The molecule has 0 heterocycles. The van der Waals surface area contributed by atoms with Gasteiger partial charge in [0.15, 0.2) is 0 Å². The topological polar surface area (TPSA) is 69.7 Å². The van der Waals surface area contributed by atoms with E-state index in [0.717, 1.165) is 16.9 Å². The van der Waals surface area contributed by atoms with Gasteiger partial charge in [0.2, 0.25) is 15.9 Å². The number of nitrogens with zero attached hydrogens (tertiary/aromatic N) is 2. The van der Waals surface area contributed by atoms with Gasteiger partial charge in [-0.05, 0) is 36.2 Å². The summed E-state index contributed by atoms with van der Waals surface area (Å²) in [6.07, 6.45) is 0.457. The highest BCUT2D eigenvalue weighted by atomic mass is 32.2. The van der Waals surface area contributed by atoms with Crippen LogP contribution < -0.4 is 14.5 Å². The summed E-state index contributed by atoms with van der Waals surface area (Å²) in [5, 5.41) is 0. The van der Waals surface area contributed by atoms with Crippen LogP contribution in [0.2, 0.25) is 0 Å². The second-order valence-corrected chi connectivity index (χ2v) is 8.46. The average molecular weight is 390 g/mol. The van der Waals surface area contributed by atoms with Crippen molar-refractivity contribution in [3.05, 3.63) is 60.2 Å². The molecule has 0 bridgehead atoms. The maximum atomic E-state index is 12.2. The van der Waals surface area contributed by atoms with E-state index in [9.17, 15) is 13.2 Å². The highest BCUT2D eigenvalue weighted by molar-refractivity contribution is 7.89. The Morgan fingerprint density at radius 2 is 1.56 bits per heavy atom. The third kappa shape index (κ3) is 6.69. The molecular weight excluding hydrogens is 362 g/mol. The minimum atomic E-state index is -3.40. The zero-order chi connectivity index (χ0) is 19.9. The summed E-state index contributed by atoms with van der Waals surface area (Å²) in [7, 11) is 0.497. The van der Waals surface area contributed by atoms with E-state index in [-0.39, 0.29) is 24.7 Å². The summed E-state index contributed by atoms with van der Waals surface area (Å²) >= 11 is 0. The van der Waals surface area contributed by atoms with Gasteiger partial charge in [-0.15, -0.1) is 0 Å². The number of amides is 1. The van der Waals surface area contributed by atoms with Gasteiger partial charge >= 0.3 is 0 Å². The Kier molecular flexibility index (Phi) is 7.38. The molecular formula is C20H27N3O3S. The molecule has 0 aromatic heterocycles. The molecule has 0 saturated carbocycles. The van der Waals surface area contributed by atoms with Crippen molar-refractivity contribution in [1.82, 2.24) is 4.72 Å². The van der Waals surface area contributed by atoms with E-state index in [1.165, 1.54) is 6.92 Å². The Morgan fingerprint density at radius 1 is 0.963 bits per heavy atom. The van der Waals surface area contributed by atoms with Crippen molar-refractivity contribution in [3.8, 4) is 0 Å². The van der Waals surface area contributed by atoms with Gasteiger partial charge in [-0.3, -0.25) is 4.79 Å². The van der Waals surface area contributed by atoms with Crippen LogP contribution in [0.3, 0.4) is 0 Å². The van der Waals surface area contributed by atoms with Gasteiger partial charge in [-0.2, -0.15) is 0 Å². The second-order valence-electron chi connectivity index (χ2n) is 6.53. The number of benzene rings is 2. The number of anilines is 2. The zero-order valence-corrected chi connectivity index (χ0v) is 16.9. The van der Waals surface area contributed by atoms with Crippen LogP contribution in [0.5, 0.6) is 0 Å². The largest absolute Gasteiger partial charge is 0.378 e. The molecule has 0 radical (unpaired) electrons. The Morgan fingerprint density at radius 3 is 2.11 bits per heavy atom. The molecule has 6 nitrogen and oxygen atoms in total. The monoisotopic (exact) mass is 389 g/mol. The second kappa shape index (κ2) is 9.53. The first-order valence-electron chi connectivity index (χ1n) is 8.85. The Bertz CT molecular complexity index is 835. The van der Waals surface area contributed by atoms with E-state index in [0.29, 0.717) is 6.42 Å². The van der Waals surface area contributed by atoms with E-state index in [4.69, 9.17) is 0 Å². The molecule has 146 valence electrons. The van der Waals surface area contributed by atoms with Crippen molar-refractivity contribution in [3.63, 3.8) is 0 Å². The molecule has 2 aromatic carbocycles. The van der Waals surface area contributed by atoms with Gasteiger partial charge < -0.3 is 9.80 Å². The lowest BCUT2D eigenvalue weighted by Crippen LogP contribution is -2.38. The first kappa shape index (κ1) is 20.9. The molecule has 0 atom stereocenters. The molecule has 0 aliphatic heterocycles. The number of carbonyl (C=O) groups excluding carboxylic acids is 1. The highest BCUT2D eigenvalue weighted by Gasteiger charge is 2.14. The molecule has 1 N–H and O–H groups in total. The van der Waals surface area contributed by atoms with Gasteiger partial charge in [0, 0.05) is 45.5 Å². The van der Waals surface area contributed by atoms with Crippen molar-refractivity contribution in [2.45, 2.75) is 13.3 Å². The molecule has 7 heteroatoms. The number of nitrogens with one attached hydrogen (secondary N) is 1. The lowest BCUT2D eigenvalue weighted by atomic mass is 10.2. The van der Waals surface area contributed by atoms with Crippen molar-refractivity contribution in [2.24, 2.45) is 0 Å². The molecule has 2 aromatic rings. The summed E-state index contributed by atoms with van der Waals surface area (Å²) in [4.78, 5) is 15.5. The number of carbonyl (C=O) groups is 1. The number of rotatable bonds is 9. The zero-order valence-electron chi connectivity index (χ0n) is 16.1. The number of hydrogen-bond acceptors (Lipinski definition) is 4. The lowest BCUT2D eigenvalue weighted by Gasteiger charge is -2.22. The van der Waals surface area contributed by atoms with Crippen LogP contribution in [-0.4, -0.2) is 47.3 Å².